The summed E-state index contributed by atoms with van der Waals surface area (Å²) in [6, 6.07) is 10.6. The maximum Gasteiger partial charge on any atom is 0.182 e. The molecule has 15 heavy (non-hydrogen) atoms. The van der Waals surface area contributed by atoms with E-state index in [0.29, 0.717) is 10.8 Å². The zero-order valence-electron chi connectivity index (χ0n) is 8.90. The third-order valence-corrected chi connectivity index (χ3v) is 3.11. The summed E-state index contributed by atoms with van der Waals surface area (Å²) in [4.78, 5) is 0.615. The van der Waals surface area contributed by atoms with Crippen molar-refractivity contribution in [1.29, 1.82) is 5.41 Å². The van der Waals surface area contributed by atoms with Gasteiger partial charge in [-0.3, -0.25) is 5.41 Å². The normalized spacial score (nSPS) is 10.9. The van der Waals surface area contributed by atoms with Gasteiger partial charge < -0.3 is 4.57 Å². The Kier molecular flexibility index (Phi) is 2.73. The molecule has 0 bridgehead atoms. The van der Waals surface area contributed by atoms with Gasteiger partial charge in [0.25, 0.3) is 0 Å². The van der Waals surface area contributed by atoms with Crippen LogP contribution in [-0.2, 0) is 0 Å². The standard InChI is InChI=1S/C12H14N2S/c1-9(2)14-11(8-15-12(14)13)10-6-4-3-5-7-10/h3-9,13H,1-2H3. The van der Waals surface area contributed by atoms with Gasteiger partial charge in [0.05, 0.1) is 5.69 Å². The van der Waals surface area contributed by atoms with Crippen LogP contribution in [0.25, 0.3) is 11.3 Å². The van der Waals surface area contributed by atoms with Crippen molar-refractivity contribution in [3.8, 4) is 11.3 Å². The van der Waals surface area contributed by atoms with Crippen LogP contribution in [0.4, 0.5) is 0 Å². The number of nitrogens with one attached hydrogen (secondary N) is 1. The molecule has 1 aromatic carbocycles. The Labute approximate surface area is 93.3 Å². The number of hydrogen-bond acceptors (Lipinski definition) is 2. The fourth-order valence-corrected chi connectivity index (χ4v) is 2.56. The molecule has 2 nitrogen and oxygen atoms in total. The first-order chi connectivity index (χ1) is 7.20. The molecule has 0 unspecified atom stereocenters. The lowest BCUT2D eigenvalue weighted by Gasteiger charge is -2.11. The van der Waals surface area contributed by atoms with Gasteiger partial charge in [0.15, 0.2) is 4.80 Å². The van der Waals surface area contributed by atoms with Gasteiger partial charge in [0, 0.05) is 11.4 Å². The van der Waals surface area contributed by atoms with E-state index in [1.165, 1.54) is 16.9 Å². The summed E-state index contributed by atoms with van der Waals surface area (Å²) in [6.45, 7) is 4.22. The number of benzene rings is 1. The van der Waals surface area contributed by atoms with Crippen molar-refractivity contribution in [3.05, 3.63) is 40.5 Å². The van der Waals surface area contributed by atoms with Crippen molar-refractivity contribution in [2.45, 2.75) is 19.9 Å². The van der Waals surface area contributed by atoms with Gasteiger partial charge >= 0.3 is 0 Å². The second-order valence-electron chi connectivity index (χ2n) is 3.76. The second kappa shape index (κ2) is 4.03. The van der Waals surface area contributed by atoms with E-state index in [0.717, 1.165) is 5.69 Å². The maximum absolute atomic E-state index is 7.85. The van der Waals surface area contributed by atoms with Gasteiger partial charge in [-0.15, -0.1) is 11.3 Å². The first kappa shape index (κ1) is 10.2. The zero-order chi connectivity index (χ0) is 10.8. The topological polar surface area (TPSA) is 28.8 Å². The number of aromatic nitrogens is 1. The molecule has 2 aromatic rings. The van der Waals surface area contributed by atoms with Crippen LogP contribution in [0.1, 0.15) is 19.9 Å². The van der Waals surface area contributed by atoms with Crippen LogP contribution in [0.2, 0.25) is 0 Å². The average molecular weight is 218 g/mol. The SMILES string of the molecule is CC(C)n1c(-c2ccccc2)csc1=N. The number of hydrogen-bond donors (Lipinski definition) is 1. The van der Waals surface area contributed by atoms with Crippen molar-refractivity contribution in [2.75, 3.05) is 0 Å². The summed E-state index contributed by atoms with van der Waals surface area (Å²) < 4.78 is 2.06. The van der Waals surface area contributed by atoms with Gasteiger partial charge in [-0.05, 0) is 19.4 Å². The number of rotatable bonds is 2. The van der Waals surface area contributed by atoms with Crippen molar-refractivity contribution in [3.63, 3.8) is 0 Å². The molecule has 0 aliphatic heterocycles. The smallest absolute Gasteiger partial charge is 0.182 e. The van der Waals surface area contributed by atoms with Gasteiger partial charge in [-0.25, -0.2) is 0 Å². The number of nitrogens with zero attached hydrogens (tertiary/aromatic N) is 1. The molecule has 2 rings (SSSR count). The molecule has 0 fully saturated rings. The van der Waals surface area contributed by atoms with Gasteiger partial charge in [0.1, 0.15) is 0 Å². The minimum absolute atomic E-state index is 0.332. The lowest BCUT2D eigenvalue weighted by molar-refractivity contribution is 0.586. The molecule has 0 radical (unpaired) electrons. The highest BCUT2D eigenvalue weighted by Gasteiger charge is 2.08. The Morgan fingerprint density at radius 3 is 2.47 bits per heavy atom. The van der Waals surface area contributed by atoms with E-state index in [-0.39, 0.29) is 0 Å². The van der Waals surface area contributed by atoms with E-state index in [2.05, 4.69) is 35.9 Å². The first-order valence-electron chi connectivity index (χ1n) is 5.00. The minimum Gasteiger partial charge on any atom is -0.314 e. The largest absolute Gasteiger partial charge is 0.314 e. The van der Waals surface area contributed by atoms with Crippen LogP contribution in [0, 0.1) is 5.41 Å². The highest BCUT2D eigenvalue weighted by molar-refractivity contribution is 7.07. The molecular formula is C12H14N2S. The Hall–Kier alpha value is -1.35. The summed E-state index contributed by atoms with van der Waals surface area (Å²) in [5.74, 6) is 0. The third kappa shape index (κ3) is 1.88. The average Bonchev–Trinajstić information content (AvgIpc) is 2.61. The van der Waals surface area contributed by atoms with Crippen molar-refractivity contribution in [1.82, 2.24) is 4.57 Å². The molecule has 78 valence electrons. The van der Waals surface area contributed by atoms with E-state index in [4.69, 9.17) is 5.41 Å². The second-order valence-corrected chi connectivity index (χ2v) is 4.61. The Morgan fingerprint density at radius 1 is 1.20 bits per heavy atom. The first-order valence-corrected chi connectivity index (χ1v) is 5.88. The molecule has 0 saturated heterocycles. The van der Waals surface area contributed by atoms with E-state index >= 15 is 0 Å². The van der Waals surface area contributed by atoms with Crippen LogP contribution in [-0.4, -0.2) is 4.57 Å². The quantitative estimate of drug-likeness (QED) is 0.801. The highest BCUT2D eigenvalue weighted by atomic mass is 32.1. The summed E-state index contributed by atoms with van der Waals surface area (Å²) >= 11 is 1.48. The molecule has 0 amide bonds. The molecule has 0 aliphatic carbocycles. The van der Waals surface area contributed by atoms with Crippen LogP contribution < -0.4 is 4.80 Å². The van der Waals surface area contributed by atoms with Gasteiger partial charge in [-0.1, -0.05) is 30.3 Å². The van der Waals surface area contributed by atoms with Crippen LogP contribution in [0.15, 0.2) is 35.7 Å². The molecule has 0 spiro atoms. The third-order valence-electron chi connectivity index (χ3n) is 2.35. The van der Waals surface area contributed by atoms with E-state index in [1.54, 1.807) is 0 Å². The molecular weight excluding hydrogens is 204 g/mol. The predicted molar refractivity (Wildman–Crippen MR) is 64.0 cm³/mol. The molecule has 0 saturated carbocycles. The molecule has 0 aliphatic rings. The molecule has 3 heteroatoms. The summed E-state index contributed by atoms with van der Waals surface area (Å²) in [6.07, 6.45) is 0. The fraction of sp³-hybridized carbons (Fsp3) is 0.250. The van der Waals surface area contributed by atoms with E-state index < -0.39 is 0 Å². The lowest BCUT2D eigenvalue weighted by Crippen LogP contribution is -2.16. The predicted octanol–water partition coefficient (Wildman–Crippen LogP) is 3.28. The Balaban J connectivity index is 2.59. The van der Waals surface area contributed by atoms with Crippen LogP contribution >= 0.6 is 11.3 Å². The van der Waals surface area contributed by atoms with E-state index in [9.17, 15) is 0 Å². The van der Waals surface area contributed by atoms with Gasteiger partial charge in [0.2, 0.25) is 0 Å². The maximum atomic E-state index is 7.85. The monoisotopic (exact) mass is 218 g/mol. The Morgan fingerprint density at radius 2 is 1.87 bits per heavy atom. The molecule has 1 heterocycles. The van der Waals surface area contributed by atoms with Crippen LogP contribution in [0.3, 0.4) is 0 Å². The number of thiazole rings is 1. The molecule has 1 aromatic heterocycles. The summed E-state index contributed by atoms with van der Waals surface area (Å²) in [5.41, 5.74) is 2.32. The van der Waals surface area contributed by atoms with Crippen molar-refractivity contribution < 1.29 is 0 Å². The molecule has 0 atom stereocenters. The van der Waals surface area contributed by atoms with Crippen LogP contribution in [0.5, 0.6) is 0 Å². The summed E-state index contributed by atoms with van der Waals surface area (Å²) in [5, 5.41) is 9.91. The lowest BCUT2D eigenvalue weighted by atomic mass is 10.1. The zero-order valence-corrected chi connectivity index (χ0v) is 9.71. The molecule has 1 N–H and O–H groups in total. The highest BCUT2D eigenvalue weighted by Crippen LogP contribution is 2.22. The fourth-order valence-electron chi connectivity index (χ4n) is 1.66. The summed E-state index contributed by atoms with van der Waals surface area (Å²) in [7, 11) is 0. The van der Waals surface area contributed by atoms with Crippen molar-refractivity contribution >= 4 is 11.3 Å². The van der Waals surface area contributed by atoms with E-state index in [1.807, 2.05) is 18.2 Å². The Bertz CT molecular complexity index is 494. The minimum atomic E-state index is 0.332. The van der Waals surface area contributed by atoms with Gasteiger partial charge in [-0.2, -0.15) is 0 Å². The van der Waals surface area contributed by atoms with Crippen molar-refractivity contribution in [2.24, 2.45) is 0 Å².